The van der Waals surface area contributed by atoms with Crippen LogP contribution in [0.1, 0.15) is 53.1 Å². The molecule has 0 spiro atoms. The summed E-state index contributed by atoms with van der Waals surface area (Å²) in [7, 11) is 1.61. The summed E-state index contributed by atoms with van der Waals surface area (Å²) in [5.41, 5.74) is 5.14. The molecule has 1 unspecified atom stereocenters. The Labute approximate surface area is 183 Å². The maximum Gasteiger partial charge on any atom is 0.295 e. The van der Waals surface area contributed by atoms with E-state index >= 15 is 0 Å². The fourth-order valence-corrected chi connectivity index (χ4v) is 4.74. The van der Waals surface area contributed by atoms with Gasteiger partial charge in [-0.05, 0) is 67.3 Å². The van der Waals surface area contributed by atoms with Crippen LogP contribution in [0.3, 0.4) is 0 Å². The van der Waals surface area contributed by atoms with E-state index in [2.05, 4.69) is 0 Å². The molecule has 5 heteroatoms. The fraction of sp³-hybridized carbons (Fsp3) is 0.385. The van der Waals surface area contributed by atoms with E-state index in [9.17, 15) is 14.7 Å². The Kier molecular flexibility index (Phi) is 6.23. The zero-order chi connectivity index (χ0) is 22.0. The molecule has 5 nitrogen and oxygen atoms in total. The Morgan fingerprint density at radius 3 is 2.58 bits per heavy atom. The molecule has 0 saturated carbocycles. The number of aliphatic hydroxyl groups is 1. The number of ether oxygens (including phenoxy) is 1. The van der Waals surface area contributed by atoms with Crippen molar-refractivity contribution < 1.29 is 19.4 Å². The standard InChI is InChI=1S/C26H29NO4/c1-17-8-3-6-11-21(17)23-22(25(29)26(30)27(23)14-7-15-31-2)24(28)20-13-12-18-9-4-5-10-19(18)16-20/h3,6,8,11-13,16,23,28H,4-5,7,9-10,14-15H2,1-2H3/b24-22+. The van der Waals surface area contributed by atoms with E-state index in [4.69, 9.17) is 4.74 Å². The summed E-state index contributed by atoms with van der Waals surface area (Å²) in [6.07, 6.45) is 4.94. The molecule has 2 aromatic rings. The number of aliphatic hydroxyl groups excluding tert-OH is 1. The van der Waals surface area contributed by atoms with Crippen LogP contribution in [0.25, 0.3) is 5.76 Å². The van der Waals surface area contributed by atoms with Crippen LogP contribution < -0.4 is 0 Å². The van der Waals surface area contributed by atoms with Gasteiger partial charge in [-0.3, -0.25) is 9.59 Å². The van der Waals surface area contributed by atoms with Crippen LogP contribution in [-0.2, 0) is 27.2 Å². The van der Waals surface area contributed by atoms with Gasteiger partial charge in [-0.25, -0.2) is 0 Å². The maximum absolute atomic E-state index is 13.1. The van der Waals surface area contributed by atoms with Gasteiger partial charge in [-0.1, -0.05) is 36.4 Å². The molecule has 1 atom stereocenters. The zero-order valence-electron chi connectivity index (χ0n) is 18.2. The Balaban J connectivity index is 1.82. The van der Waals surface area contributed by atoms with Crippen LogP contribution in [0.15, 0.2) is 48.0 Å². The average molecular weight is 420 g/mol. The summed E-state index contributed by atoms with van der Waals surface area (Å²) >= 11 is 0. The summed E-state index contributed by atoms with van der Waals surface area (Å²) in [5, 5.41) is 11.3. The van der Waals surface area contributed by atoms with Crippen molar-refractivity contribution >= 4 is 17.4 Å². The van der Waals surface area contributed by atoms with Crippen molar-refractivity contribution in [2.24, 2.45) is 0 Å². The van der Waals surface area contributed by atoms with Gasteiger partial charge in [0, 0.05) is 25.8 Å². The SMILES string of the molecule is COCCCN1C(=O)C(=O)/C(=C(/O)c2ccc3c(c2)CCCC3)C1c1ccccc1C. The number of carbonyl (C=O) groups excluding carboxylic acids is 2. The first-order valence-electron chi connectivity index (χ1n) is 11.0. The average Bonchev–Trinajstić information content (AvgIpc) is 3.03. The number of carbonyl (C=O) groups is 2. The number of aryl methyl sites for hydroxylation is 3. The number of rotatable bonds is 6. The first kappa shape index (κ1) is 21.3. The van der Waals surface area contributed by atoms with Crippen molar-refractivity contribution in [3.8, 4) is 0 Å². The summed E-state index contributed by atoms with van der Waals surface area (Å²) in [5.74, 6) is -1.28. The van der Waals surface area contributed by atoms with Gasteiger partial charge in [-0.2, -0.15) is 0 Å². The lowest BCUT2D eigenvalue weighted by Gasteiger charge is -2.26. The van der Waals surface area contributed by atoms with Crippen LogP contribution in [0.2, 0.25) is 0 Å². The van der Waals surface area contributed by atoms with Crippen LogP contribution in [0.5, 0.6) is 0 Å². The van der Waals surface area contributed by atoms with Gasteiger partial charge in [0.15, 0.2) is 0 Å². The first-order valence-corrected chi connectivity index (χ1v) is 11.0. The molecule has 162 valence electrons. The van der Waals surface area contributed by atoms with E-state index in [1.165, 1.54) is 17.5 Å². The van der Waals surface area contributed by atoms with E-state index in [0.717, 1.165) is 30.4 Å². The topological polar surface area (TPSA) is 66.8 Å². The van der Waals surface area contributed by atoms with Gasteiger partial charge in [0.05, 0.1) is 11.6 Å². The molecule has 1 amide bonds. The van der Waals surface area contributed by atoms with Crippen LogP contribution in [-0.4, -0.2) is 42.0 Å². The summed E-state index contributed by atoms with van der Waals surface area (Å²) < 4.78 is 5.14. The molecule has 1 saturated heterocycles. The van der Waals surface area contributed by atoms with Crippen LogP contribution >= 0.6 is 0 Å². The van der Waals surface area contributed by atoms with Crippen molar-refractivity contribution in [3.63, 3.8) is 0 Å². The lowest BCUT2D eigenvalue weighted by Crippen LogP contribution is -2.31. The van der Waals surface area contributed by atoms with Gasteiger partial charge >= 0.3 is 0 Å². The molecule has 4 rings (SSSR count). The number of hydrogen-bond donors (Lipinski definition) is 1. The monoisotopic (exact) mass is 419 g/mol. The van der Waals surface area contributed by atoms with Gasteiger partial charge < -0.3 is 14.7 Å². The Morgan fingerprint density at radius 1 is 1.10 bits per heavy atom. The number of ketones is 1. The molecular weight excluding hydrogens is 390 g/mol. The lowest BCUT2D eigenvalue weighted by molar-refractivity contribution is -0.140. The highest BCUT2D eigenvalue weighted by Gasteiger charge is 2.46. The molecule has 31 heavy (non-hydrogen) atoms. The predicted octanol–water partition coefficient (Wildman–Crippen LogP) is 4.33. The zero-order valence-corrected chi connectivity index (χ0v) is 18.2. The molecular formula is C26H29NO4. The second-order valence-corrected chi connectivity index (χ2v) is 8.39. The van der Waals surface area contributed by atoms with Crippen molar-refractivity contribution in [1.29, 1.82) is 0 Å². The minimum absolute atomic E-state index is 0.0887. The molecule has 0 bridgehead atoms. The predicted molar refractivity (Wildman–Crippen MR) is 120 cm³/mol. The highest BCUT2D eigenvalue weighted by atomic mass is 16.5. The highest BCUT2D eigenvalue weighted by molar-refractivity contribution is 6.46. The second kappa shape index (κ2) is 9.06. The fourth-order valence-electron chi connectivity index (χ4n) is 4.74. The molecule has 1 N–H and O–H groups in total. The summed E-state index contributed by atoms with van der Waals surface area (Å²) in [6.45, 7) is 2.84. The van der Waals surface area contributed by atoms with Gasteiger partial charge in [-0.15, -0.1) is 0 Å². The molecule has 2 aliphatic rings. The second-order valence-electron chi connectivity index (χ2n) is 8.39. The number of fused-ring (bicyclic) bond motifs is 1. The van der Waals surface area contributed by atoms with E-state index in [1.807, 2.05) is 49.4 Å². The minimum Gasteiger partial charge on any atom is -0.507 e. The number of nitrogens with zero attached hydrogens (tertiary/aromatic N) is 1. The largest absolute Gasteiger partial charge is 0.507 e. The van der Waals surface area contributed by atoms with E-state index in [0.29, 0.717) is 25.1 Å². The minimum atomic E-state index is -0.624. The number of benzene rings is 2. The van der Waals surface area contributed by atoms with Crippen molar-refractivity contribution in [1.82, 2.24) is 4.90 Å². The third-order valence-electron chi connectivity index (χ3n) is 6.39. The Bertz CT molecular complexity index is 1040. The number of likely N-dealkylation sites (tertiary alicyclic amines) is 1. The summed E-state index contributed by atoms with van der Waals surface area (Å²) in [4.78, 5) is 27.6. The third-order valence-corrected chi connectivity index (χ3v) is 6.39. The van der Waals surface area contributed by atoms with Crippen molar-refractivity contribution in [2.75, 3.05) is 20.3 Å². The van der Waals surface area contributed by atoms with E-state index in [-0.39, 0.29) is 11.3 Å². The molecule has 0 aromatic heterocycles. The van der Waals surface area contributed by atoms with Gasteiger partial charge in [0.1, 0.15) is 5.76 Å². The Morgan fingerprint density at radius 2 is 1.84 bits per heavy atom. The maximum atomic E-state index is 13.1. The molecule has 1 fully saturated rings. The number of methoxy groups -OCH3 is 1. The van der Waals surface area contributed by atoms with Crippen LogP contribution in [0.4, 0.5) is 0 Å². The Hall–Kier alpha value is -2.92. The quantitative estimate of drug-likeness (QED) is 0.328. The number of hydrogen-bond acceptors (Lipinski definition) is 4. The molecule has 2 aromatic carbocycles. The molecule has 1 heterocycles. The van der Waals surface area contributed by atoms with Gasteiger partial charge in [0.2, 0.25) is 0 Å². The highest BCUT2D eigenvalue weighted by Crippen LogP contribution is 2.41. The molecule has 1 aliphatic carbocycles. The summed E-state index contributed by atoms with van der Waals surface area (Å²) in [6, 6.07) is 13.0. The molecule has 1 aliphatic heterocycles. The van der Waals surface area contributed by atoms with Crippen LogP contribution in [0, 0.1) is 6.92 Å². The van der Waals surface area contributed by atoms with E-state index in [1.54, 1.807) is 12.0 Å². The number of Topliss-reactive ketones (excluding diaryl/α,β-unsaturated/α-hetero) is 1. The van der Waals surface area contributed by atoms with Crippen molar-refractivity contribution in [2.45, 2.75) is 45.1 Å². The van der Waals surface area contributed by atoms with Gasteiger partial charge in [0.25, 0.3) is 11.7 Å². The smallest absolute Gasteiger partial charge is 0.295 e. The van der Waals surface area contributed by atoms with E-state index < -0.39 is 17.7 Å². The lowest BCUT2D eigenvalue weighted by atomic mass is 9.88. The number of amides is 1. The van der Waals surface area contributed by atoms with Crippen molar-refractivity contribution in [3.05, 3.63) is 75.9 Å². The molecule has 0 radical (unpaired) electrons. The first-order chi connectivity index (χ1) is 15.0. The third kappa shape index (κ3) is 4.02. The normalized spacial score (nSPS) is 20.2.